The smallest absolute Gasteiger partial charge is 0.338 e. The van der Waals surface area contributed by atoms with Gasteiger partial charge in [0.2, 0.25) is 0 Å². The van der Waals surface area contributed by atoms with Crippen molar-refractivity contribution < 1.29 is 19.7 Å². The number of carbonyl (C=O) groups is 1. The van der Waals surface area contributed by atoms with Crippen molar-refractivity contribution in [1.29, 1.82) is 0 Å². The first-order valence-corrected chi connectivity index (χ1v) is 4.24. The highest BCUT2D eigenvalue weighted by molar-refractivity contribution is 5.89. The molecule has 1 aromatic carbocycles. The number of aliphatic hydroxyl groups is 1. The minimum absolute atomic E-state index is 0.0942. The van der Waals surface area contributed by atoms with E-state index in [1.54, 1.807) is 6.92 Å². The van der Waals surface area contributed by atoms with E-state index in [1.165, 1.54) is 24.3 Å². The van der Waals surface area contributed by atoms with Gasteiger partial charge in [-0.25, -0.2) is 4.79 Å². The fourth-order valence-corrected chi connectivity index (χ4v) is 0.886. The molecule has 1 atom stereocenters. The maximum Gasteiger partial charge on any atom is 0.338 e. The highest BCUT2D eigenvalue weighted by atomic mass is 16.5. The Labute approximate surface area is 81.8 Å². The van der Waals surface area contributed by atoms with E-state index in [-0.39, 0.29) is 12.4 Å². The molecule has 14 heavy (non-hydrogen) atoms. The number of aromatic hydroxyl groups is 1. The van der Waals surface area contributed by atoms with Gasteiger partial charge >= 0.3 is 5.97 Å². The Kier molecular flexibility index (Phi) is 3.48. The molecule has 0 aliphatic rings. The van der Waals surface area contributed by atoms with Gasteiger partial charge in [-0.15, -0.1) is 0 Å². The minimum Gasteiger partial charge on any atom is -0.508 e. The van der Waals surface area contributed by atoms with Gasteiger partial charge in [0, 0.05) is 0 Å². The lowest BCUT2D eigenvalue weighted by Crippen LogP contribution is -2.18. The first-order valence-electron chi connectivity index (χ1n) is 4.24. The normalized spacial score (nSPS) is 12.1. The number of phenolic OH excluding ortho intramolecular Hbond substituents is 1. The molecule has 4 heteroatoms. The Morgan fingerprint density at radius 2 is 2.00 bits per heavy atom. The number of phenols is 1. The van der Waals surface area contributed by atoms with E-state index >= 15 is 0 Å². The molecule has 0 heterocycles. The zero-order chi connectivity index (χ0) is 10.6. The predicted molar refractivity (Wildman–Crippen MR) is 50.1 cm³/mol. The van der Waals surface area contributed by atoms with Crippen molar-refractivity contribution in [2.24, 2.45) is 0 Å². The van der Waals surface area contributed by atoms with Crippen molar-refractivity contribution in [2.45, 2.75) is 13.0 Å². The summed E-state index contributed by atoms with van der Waals surface area (Å²) in [4.78, 5) is 11.3. The number of aliphatic hydroxyl groups excluding tert-OH is 1. The van der Waals surface area contributed by atoms with Crippen LogP contribution in [-0.4, -0.2) is 28.9 Å². The van der Waals surface area contributed by atoms with E-state index in [9.17, 15) is 4.79 Å². The highest BCUT2D eigenvalue weighted by Gasteiger charge is 2.10. The van der Waals surface area contributed by atoms with Crippen LogP contribution in [0.5, 0.6) is 5.75 Å². The monoisotopic (exact) mass is 196 g/mol. The SMILES string of the molecule is CC(CO)OC(=O)c1ccc(O)cc1. The van der Waals surface area contributed by atoms with Gasteiger partial charge in [0.25, 0.3) is 0 Å². The number of ether oxygens (including phenoxy) is 1. The molecule has 2 N–H and O–H groups in total. The summed E-state index contributed by atoms with van der Waals surface area (Å²) < 4.78 is 4.85. The molecular formula is C10H12O4. The summed E-state index contributed by atoms with van der Waals surface area (Å²) in [5, 5.41) is 17.6. The van der Waals surface area contributed by atoms with E-state index in [1.807, 2.05) is 0 Å². The Hall–Kier alpha value is -1.55. The minimum atomic E-state index is -0.517. The Bertz CT molecular complexity index is 304. The largest absolute Gasteiger partial charge is 0.508 e. The van der Waals surface area contributed by atoms with Crippen LogP contribution in [0, 0.1) is 0 Å². The van der Waals surface area contributed by atoms with Crippen molar-refractivity contribution in [3.05, 3.63) is 29.8 Å². The molecule has 0 saturated carbocycles. The number of carbonyl (C=O) groups excluding carboxylic acids is 1. The molecule has 0 aliphatic carbocycles. The molecule has 0 saturated heterocycles. The maximum atomic E-state index is 11.3. The fraction of sp³-hybridized carbons (Fsp3) is 0.300. The lowest BCUT2D eigenvalue weighted by molar-refractivity contribution is 0.0197. The van der Waals surface area contributed by atoms with Crippen LogP contribution in [0.4, 0.5) is 0 Å². The molecule has 76 valence electrons. The molecule has 0 radical (unpaired) electrons. The van der Waals surface area contributed by atoms with Crippen LogP contribution >= 0.6 is 0 Å². The Balaban J connectivity index is 2.65. The Morgan fingerprint density at radius 1 is 1.43 bits per heavy atom. The Morgan fingerprint density at radius 3 is 2.50 bits per heavy atom. The summed E-state index contributed by atoms with van der Waals surface area (Å²) in [5.74, 6) is -0.414. The van der Waals surface area contributed by atoms with Crippen LogP contribution in [0.1, 0.15) is 17.3 Å². The zero-order valence-corrected chi connectivity index (χ0v) is 7.80. The van der Waals surface area contributed by atoms with Gasteiger partial charge < -0.3 is 14.9 Å². The van der Waals surface area contributed by atoms with Crippen molar-refractivity contribution in [3.63, 3.8) is 0 Å². The average Bonchev–Trinajstić information content (AvgIpc) is 2.18. The van der Waals surface area contributed by atoms with Crippen molar-refractivity contribution in [3.8, 4) is 5.75 Å². The molecule has 0 amide bonds. The molecule has 0 spiro atoms. The average molecular weight is 196 g/mol. The van der Waals surface area contributed by atoms with Crippen LogP contribution in [0.2, 0.25) is 0 Å². The van der Waals surface area contributed by atoms with Gasteiger partial charge in [0.15, 0.2) is 0 Å². The first-order chi connectivity index (χ1) is 6.63. The van der Waals surface area contributed by atoms with Crippen molar-refractivity contribution in [1.82, 2.24) is 0 Å². The highest BCUT2D eigenvalue weighted by Crippen LogP contribution is 2.11. The second kappa shape index (κ2) is 4.62. The van der Waals surface area contributed by atoms with Gasteiger partial charge in [-0.2, -0.15) is 0 Å². The second-order valence-electron chi connectivity index (χ2n) is 2.95. The van der Waals surface area contributed by atoms with E-state index in [0.717, 1.165) is 0 Å². The molecule has 0 fully saturated rings. The predicted octanol–water partition coefficient (Wildman–Crippen LogP) is 0.930. The molecular weight excluding hydrogens is 184 g/mol. The molecule has 0 aliphatic heterocycles. The summed E-state index contributed by atoms with van der Waals surface area (Å²) in [7, 11) is 0. The summed E-state index contributed by atoms with van der Waals surface area (Å²) in [6, 6.07) is 5.73. The van der Waals surface area contributed by atoms with Crippen LogP contribution < -0.4 is 0 Å². The third-order valence-corrected chi connectivity index (χ3v) is 1.67. The van der Waals surface area contributed by atoms with Gasteiger partial charge in [-0.1, -0.05) is 0 Å². The van der Waals surface area contributed by atoms with E-state index in [2.05, 4.69) is 0 Å². The van der Waals surface area contributed by atoms with Gasteiger partial charge in [0.1, 0.15) is 11.9 Å². The topological polar surface area (TPSA) is 66.8 Å². The molecule has 1 rings (SSSR count). The van der Waals surface area contributed by atoms with Crippen LogP contribution in [0.15, 0.2) is 24.3 Å². The molecule has 1 aromatic rings. The molecule has 0 aromatic heterocycles. The first kappa shape index (κ1) is 10.5. The fourth-order valence-electron chi connectivity index (χ4n) is 0.886. The summed E-state index contributed by atoms with van der Waals surface area (Å²) in [5.41, 5.74) is 0.350. The zero-order valence-electron chi connectivity index (χ0n) is 7.80. The van der Waals surface area contributed by atoms with Crippen LogP contribution in [0.3, 0.4) is 0 Å². The lowest BCUT2D eigenvalue weighted by Gasteiger charge is -2.09. The van der Waals surface area contributed by atoms with E-state index < -0.39 is 12.1 Å². The number of hydrogen-bond acceptors (Lipinski definition) is 4. The van der Waals surface area contributed by atoms with Crippen LogP contribution in [0.25, 0.3) is 0 Å². The summed E-state index contributed by atoms with van der Waals surface area (Å²) in [6.07, 6.45) is -0.517. The van der Waals surface area contributed by atoms with Crippen LogP contribution in [-0.2, 0) is 4.74 Å². The number of rotatable bonds is 3. The molecule has 4 nitrogen and oxygen atoms in total. The van der Waals surface area contributed by atoms with Crippen molar-refractivity contribution >= 4 is 5.97 Å². The van der Waals surface area contributed by atoms with Crippen molar-refractivity contribution in [2.75, 3.05) is 6.61 Å². The number of benzene rings is 1. The number of hydrogen-bond donors (Lipinski definition) is 2. The summed E-state index contributed by atoms with van der Waals surface area (Å²) >= 11 is 0. The maximum absolute atomic E-state index is 11.3. The molecule has 0 bridgehead atoms. The van der Waals surface area contributed by atoms with Gasteiger partial charge in [-0.3, -0.25) is 0 Å². The second-order valence-corrected chi connectivity index (χ2v) is 2.95. The van der Waals surface area contributed by atoms with E-state index in [0.29, 0.717) is 5.56 Å². The standard InChI is InChI=1S/C10H12O4/c1-7(6-11)14-10(13)8-2-4-9(12)5-3-8/h2-5,7,11-12H,6H2,1H3. The summed E-state index contributed by atoms with van der Waals surface area (Å²) in [6.45, 7) is 1.39. The quantitative estimate of drug-likeness (QED) is 0.706. The van der Waals surface area contributed by atoms with E-state index in [4.69, 9.17) is 14.9 Å². The third-order valence-electron chi connectivity index (χ3n) is 1.67. The number of esters is 1. The third kappa shape index (κ3) is 2.74. The molecule has 1 unspecified atom stereocenters. The van der Waals surface area contributed by atoms with Gasteiger partial charge in [-0.05, 0) is 31.2 Å². The lowest BCUT2D eigenvalue weighted by atomic mass is 10.2. The van der Waals surface area contributed by atoms with Gasteiger partial charge in [0.05, 0.1) is 12.2 Å².